The fourth-order valence-electron chi connectivity index (χ4n) is 3.73. The Morgan fingerprint density at radius 2 is 2.18 bits per heavy atom. The van der Waals surface area contributed by atoms with Gasteiger partial charge in [-0.05, 0) is 43.2 Å². The molecule has 5 nitrogen and oxygen atoms in total. The van der Waals surface area contributed by atoms with Crippen molar-refractivity contribution in [2.24, 2.45) is 5.41 Å². The highest BCUT2D eigenvalue weighted by atomic mass is 16.4. The lowest BCUT2D eigenvalue weighted by Crippen LogP contribution is -2.07. The molecule has 2 aliphatic rings. The predicted octanol–water partition coefficient (Wildman–Crippen LogP) is 3.27. The molecular formula is C17H14N4O. The highest BCUT2D eigenvalue weighted by molar-refractivity contribution is 5.81. The van der Waals surface area contributed by atoms with Gasteiger partial charge in [0, 0.05) is 5.39 Å². The summed E-state index contributed by atoms with van der Waals surface area (Å²) in [7, 11) is 0. The molecule has 5 rings (SSSR count). The molecule has 108 valence electrons. The molecule has 0 radical (unpaired) electrons. The van der Waals surface area contributed by atoms with Gasteiger partial charge in [0.05, 0.1) is 29.4 Å². The van der Waals surface area contributed by atoms with Crippen LogP contribution in [0.5, 0.6) is 0 Å². The molecule has 2 heterocycles. The Balaban J connectivity index is 1.69. The number of hydrogen-bond donors (Lipinski definition) is 0. The molecular weight excluding hydrogens is 276 g/mol. The second-order valence-electron chi connectivity index (χ2n) is 6.56. The van der Waals surface area contributed by atoms with E-state index >= 15 is 0 Å². The van der Waals surface area contributed by atoms with Crippen LogP contribution in [0, 0.1) is 23.7 Å². The molecule has 1 aromatic carbocycles. The summed E-state index contributed by atoms with van der Waals surface area (Å²) in [5, 5.41) is 15.1. The first-order chi connectivity index (χ1) is 10.7. The molecule has 1 spiro atoms. The summed E-state index contributed by atoms with van der Waals surface area (Å²) in [5.41, 5.74) is 2.02. The van der Waals surface area contributed by atoms with Crippen molar-refractivity contribution in [3.63, 3.8) is 0 Å². The molecule has 2 aliphatic carbocycles. The molecule has 2 saturated carbocycles. The Labute approximate surface area is 127 Å². The Hall–Kier alpha value is -2.61. The fourth-order valence-corrected chi connectivity index (χ4v) is 3.73. The van der Waals surface area contributed by atoms with E-state index in [-0.39, 0.29) is 10.8 Å². The van der Waals surface area contributed by atoms with Crippen LogP contribution in [0.2, 0.25) is 0 Å². The maximum absolute atomic E-state index is 9.69. The third kappa shape index (κ3) is 1.32. The SMILES string of the molecule is Cc1cnc(-n2ncc3ccc([C@]4(C#N)CC45CC5)cc32)o1. The van der Waals surface area contributed by atoms with Gasteiger partial charge in [-0.15, -0.1) is 0 Å². The summed E-state index contributed by atoms with van der Waals surface area (Å²) >= 11 is 0. The van der Waals surface area contributed by atoms with Crippen LogP contribution in [-0.2, 0) is 5.41 Å². The molecule has 3 aromatic rings. The average molecular weight is 290 g/mol. The van der Waals surface area contributed by atoms with Gasteiger partial charge in [-0.1, -0.05) is 12.1 Å². The molecule has 0 N–H and O–H groups in total. The smallest absolute Gasteiger partial charge is 0.323 e. The maximum Gasteiger partial charge on any atom is 0.323 e. The van der Waals surface area contributed by atoms with Crippen molar-refractivity contribution >= 4 is 10.9 Å². The highest BCUT2D eigenvalue weighted by Crippen LogP contribution is 2.78. The number of fused-ring (bicyclic) bond motifs is 1. The molecule has 22 heavy (non-hydrogen) atoms. The van der Waals surface area contributed by atoms with E-state index in [9.17, 15) is 5.26 Å². The summed E-state index contributed by atoms with van der Waals surface area (Å²) in [6.45, 7) is 1.86. The zero-order valence-corrected chi connectivity index (χ0v) is 12.2. The van der Waals surface area contributed by atoms with E-state index in [0.29, 0.717) is 6.01 Å². The Kier molecular flexibility index (Phi) is 1.95. The van der Waals surface area contributed by atoms with Crippen molar-refractivity contribution in [3.8, 4) is 12.1 Å². The second kappa shape index (κ2) is 3.58. The molecule has 0 saturated heterocycles. The topological polar surface area (TPSA) is 67.6 Å². The number of rotatable bonds is 2. The maximum atomic E-state index is 9.69. The van der Waals surface area contributed by atoms with Crippen LogP contribution in [-0.4, -0.2) is 14.8 Å². The number of benzene rings is 1. The van der Waals surface area contributed by atoms with Crippen molar-refractivity contribution < 1.29 is 4.42 Å². The minimum atomic E-state index is -0.289. The van der Waals surface area contributed by atoms with Gasteiger partial charge in [-0.3, -0.25) is 0 Å². The summed E-state index contributed by atoms with van der Waals surface area (Å²) < 4.78 is 7.29. The largest absolute Gasteiger partial charge is 0.427 e. The lowest BCUT2D eigenvalue weighted by molar-refractivity contribution is 0.491. The van der Waals surface area contributed by atoms with Crippen LogP contribution in [0.25, 0.3) is 16.9 Å². The van der Waals surface area contributed by atoms with Crippen LogP contribution in [0.1, 0.15) is 30.6 Å². The molecule has 2 fully saturated rings. The van der Waals surface area contributed by atoms with Crippen LogP contribution in [0.15, 0.2) is 35.0 Å². The Morgan fingerprint density at radius 3 is 2.82 bits per heavy atom. The van der Waals surface area contributed by atoms with E-state index in [1.165, 1.54) is 12.8 Å². The number of hydrogen-bond acceptors (Lipinski definition) is 4. The quantitative estimate of drug-likeness (QED) is 0.726. The lowest BCUT2D eigenvalue weighted by atomic mass is 9.93. The van der Waals surface area contributed by atoms with Crippen molar-refractivity contribution in [1.29, 1.82) is 5.26 Å². The first kappa shape index (κ1) is 12.0. The third-order valence-electron chi connectivity index (χ3n) is 5.28. The van der Waals surface area contributed by atoms with E-state index < -0.39 is 0 Å². The second-order valence-corrected chi connectivity index (χ2v) is 6.56. The van der Waals surface area contributed by atoms with E-state index in [2.05, 4.69) is 28.3 Å². The van der Waals surface area contributed by atoms with Crippen molar-refractivity contribution in [2.75, 3.05) is 0 Å². The summed E-state index contributed by atoms with van der Waals surface area (Å²) in [6, 6.07) is 9.23. The normalized spacial score (nSPS) is 24.5. The van der Waals surface area contributed by atoms with Gasteiger partial charge in [-0.25, -0.2) is 0 Å². The minimum absolute atomic E-state index is 0.264. The van der Waals surface area contributed by atoms with E-state index in [1.807, 2.05) is 13.0 Å². The highest BCUT2D eigenvalue weighted by Gasteiger charge is 2.75. The first-order valence-electron chi connectivity index (χ1n) is 7.50. The van der Waals surface area contributed by atoms with Gasteiger partial charge in [0.2, 0.25) is 0 Å². The first-order valence-corrected chi connectivity index (χ1v) is 7.50. The zero-order chi connectivity index (χ0) is 14.9. The summed E-state index contributed by atoms with van der Waals surface area (Å²) in [6.07, 6.45) is 6.84. The van der Waals surface area contributed by atoms with E-state index in [0.717, 1.165) is 28.6 Å². The standard InChI is InChI=1S/C17H14N4O/c1-11-7-19-15(22-11)21-14-6-13(3-2-12(14)8-20-21)17(10-18)9-16(17)4-5-16/h2-3,6-8H,4-5,9H2,1H3/t17-/m1/s1. The number of aromatic nitrogens is 3. The number of aryl methyl sites for hydroxylation is 1. The van der Waals surface area contributed by atoms with Crippen LogP contribution in [0.3, 0.4) is 0 Å². The third-order valence-corrected chi connectivity index (χ3v) is 5.28. The lowest BCUT2D eigenvalue weighted by Gasteiger charge is -2.09. The number of nitriles is 1. The number of oxazole rings is 1. The van der Waals surface area contributed by atoms with Crippen LogP contribution < -0.4 is 0 Å². The Bertz CT molecular complexity index is 957. The molecule has 5 heteroatoms. The van der Waals surface area contributed by atoms with Gasteiger partial charge in [0.25, 0.3) is 0 Å². The zero-order valence-electron chi connectivity index (χ0n) is 12.2. The van der Waals surface area contributed by atoms with E-state index in [1.54, 1.807) is 17.1 Å². The van der Waals surface area contributed by atoms with Gasteiger partial charge < -0.3 is 4.42 Å². The summed E-state index contributed by atoms with van der Waals surface area (Å²) in [4.78, 5) is 4.25. The predicted molar refractivity (Wildman–Crippen MR) is 79.4 cm³/mol. The number of nitrogens with zero attached hydrogens (tertiary/aromatic N) is 4. The van der Waals surface area contributed by atoms with Gasteiger partial charge in [0.15, 0.2) is 0 Å². The molecule has 0 aliphatic heterocycles. The molecule has 0 bridgehead atoms. The minimum Gasteiger partial charge on any atom is -0.427 e. The van der Waals surface area contributed by atoms with Crippen molar-refractivity contribution in [3.05, 3.63) is 41.9 Å². The molecule has 0 unspecified atom stereocenters. The van der Waals surface area contributed by atoms with E-state index in [4.69, 9.17) is 4.42 Å². The molecule has 2 aromatic heterocycles. The Morgan fingerprint density at radius 1 is 1.32 bits per heavy atom. The van der Waals surface area contributed by atoms with Gasteiger partial charge in [-0.2, -0.15) is 20.0 Å². The van der Waals surface area contributed by atoms with Crippen molar-refractivity contribution in [2.45, 2.75) is 31.6 Å². The monoisotopic (exact) mass is 290 g/mol. The molecule has 0 amide bonds. The van der Waals surface area contributed by atoms with Crippen molar-refractivity contribution in [1.82, 2.24) is 14.8 Å². The van der Waals surface area contributed by atoms with Gasteiger partial charge >= 0.3 is 6.01 Å². The van der Waals surface area contributed by atoms with Crippen LogP contribution in [0.4, 0.5) is 0 Å². The van der Waals surface area contributed by atoms with Crippen LogP contribution >= 0.6 is 0 Å². The average Bonchev–Trinajstić information content (AvgIpc) is 3.32. The fraction of sp³-hybridized carbons (Fsp3) is 0.353. The van der Waals surface area contributed by atoms with Gasteiger partial charge in [0.1, 0.15) is 5.76 Å². The summed E-state index contributed by atoms with van der Waals surface area (Å²) in [5.74, 6) is 0.752. The molecule has 1 atom stereocenters.